The normalized spacial score (nSPS) is 12.2. The molecule has 0 spiro atoms. The molecule has 1 atom stereocenters. The first-order chi connectivity index (χ1) is 7.63. The summed E-state index contributed by atoms with van der Waals surface area (Å²) in [6.45, 7) is 3.80. The zero-order valence-electron chi connectivity index (χ0n) is 10.8. The predicted molar refractivity (Wildman–Crippen MR) is 64.2 cm³/mol. The van der Waals surface area contributed by atoms with Crippen molar-refractivity contribution in [1.82, 2.24) is 0 Å². The van der Waals surface area contributed by atoms with Crippen LogP contribution in [0.3, 0.4) is 0 Å². The van der Waals surface area contributed by atoms with Crippen LogP contribution in [-0.2, 0) is 14.3 Å². The number of hydrogen-bond donors (Lipinski definition) is 0. The van der Waals surface area contributed by atoms with Crippen LogP contribution < -0.4 is 0 Å². The zero-order valence-corrected chi connectivity index (χ0v) is 10.8. The summed E-state index contributed by atoms with van der Waals surface area (Å²) in [4.78, 5) is 22.6. The molecule has 3 heteroatoms. The second kappa shape index (κ2) is 9.37. The molecule has 0 amide bonds. The van der Waals surface area contributed by atoms with Gasteiger partial charge in [-0.2, -0.15) is 0 Å². The van der Waals surface area contributed by atoms with E-state index in [-0.39, 0.29) is 5.78 Å². The van der Waals surface area contributed by atoms with Crippen LogP contribution in [0.5, 0.6) is 0 Å². The van der Waals surface area contributed by atoms with Gasteiger partial charge in [0.25, 0.3) is 0 Å². The molecule has 0 aromatic rings. The maximum atomic E-state index is 11.5. The monoisotopic (exact) mass is 228 g/mol. The van der Waals surface area contributed by atoms with E-state index < -0.39 is 11.9 Å². The highest BCUT2D eigenvalue weighted by atomic mass is 16.5. The predicted octanol–water partition coefficient (Wildman–Crippen LogP) is 3.12. The van der Waals surface area contributed by atoms with E-state index in [2.05, 4.69) is 11.7 Å². The van der Waals surface area contributed by atoms with Crippen LogP contribution in [0.15, 0.2) is 0 Å². The Kier molecular flexibility index (Phi) is 8.87. The molecule has 0 N–H and O–H groups in total. The maximum Gasteiger partial charge on any atom is 0.315 e. The first-order valence-electron chi connectivity index (χ1n) is 6.24. The van der Waals surface area contributed by atoms with E-state index in [1.165, 1.54) is 32.8 Å². The lowest BCUT2D eigenvalue weighted by molar-refractivity contribution is -0.148. The van der Waals surface area contributed by atoms with Gasteiger partial charge in [0, 0.05) is 6.42 Å². The molecule has 3 nitrogen and oxygen atoms in total. The first kappa shape index (κ1) is 15.1. The summed E-state index contributed by atoms with van der Waals surface area (Å²) >= 11 is 0. The number of esters is 1. The third-order valence-electron chi connectivity index (χ3n) is 2.81. The molecule has 0 aliphatic heterocycles. The van der Waals surface area contributed by atoms with E-state index in [0.717, 1.165) is 12.8 Å². The zero-order chi connectivity index (χ0) is 12.4. The van der Waals surface area contributed by atoms with Crippen molar-refractivity contribution in [2.75, 3.05) is 7.11 Å². The molecule has 0 saturated carbocycles. The highest BCUT2D eigenvalue weighted by molar-refractivity contribution is 5.98. The number of methoxy groups -OCH3 is 1. The minimum absolute atomic E-state index is 0.00217. The molecule has 0 heterocycles. The highest BCUT2D eigenvalue weighted by Crippen LogP contribution is 2.10. The van der Waals surface area contributed by atoms with Gasteiger partial charge in [-0.3, -0.25) is 9.59 Å². The van der Waals surface area contributed by atoms with Crippen LogP contribution in [-0.4, -0.2) is 18.9 Å². The third kappa shape index (κ3) is 6.59. The van der Waals surface area contributed by atoms with Gasteiger partial charge >= 0.3 is 5.97 Å². The lowest BCUT2D eigenvalue weighted by Crippen LogP contribution is -2.22. The minimum Gasteiger partial charge on any atom is -0.468 e. The second-order valence-electron chi connectivity index (χ2n) is 4.23. The lowest BCUT2D eigenvalue weighted by Gasteiger charge is -2.07. The van der Waals surface area contributed by atoms with Crippen LogP contribution >= 0.6 is 0 Å². The maximum absolute atomic E-state index is 11.5. The molecule has 0 radical (unpaired) electrons. The van der Waals surface area contributed by atoms with E-state index in [1.54, 1.807) is 6.92 Å². The van der Waals surface area contributed by atoms with Gasteiger partial charge in [0.05, 0.1) is 7.11 Å². The Labute approximate surface area is 98.6 Å². The number of unbranched alkanes of at least 4 members (excludes halogenated alkanes) is 5. The van der Waals surface area contributed by atoms with Crippen molar-refractivity contribution in [3.8, 4) is 0 Å². The molecule has 0 aliphatic rings. The summed E-state index contributed by atoms with van der Waals surface area (Å²) in [6.07, 6.45) is 7.42. The molecule has 0 rings (SSSR count). The number of rotatable bonds is 9. The quantitative estimate of drug-likeness (QED) is 0.346. The Balaban J connectivity index is 3.54. The standard InChI is InChI=1S/C13H24O3/c1-4-5-6-7-8-9-10-12(14)11(2)13(15)16-3/h11H,4-10H2,1-3H3. The van der Waals surface area contributed by atoms with Crippen molar-refractivity contribution < 1.29 is 14.3 Å². The van der Waals surface area contributed by atoms with Gasteiger partial charge in [0.1, 0.15) is 11.7 Å². The summed E-state index contributed by atoms with van der Waals surface area (Å²) < 4.78 is 4.53. The largest absolute Gasteiger partial charge is 0.468 e. The van der Waals surface area contributed by atoms with Gasteiger partial charge in [-0.15, -0.1) is 0 Å². The molecular formula is C13H24O3. The van der Waals surface area contributed by atoms with Gasteiger partial charge < -0.3 is 4.74 Å². The van der Waals surface area contributed by atoms with Crippen LogP contribution in [0.1, 0.15) is 58.8 Å². The van der Waals surface area contributed by atoms with E-state index >= 15 is 0 Å². The molecule has 0 aliphatic carbocycles. The average molecular weight is 228 g/mol. The van der Waals surface area contributed by atoms with Gasteiger partial charge in [0.15, 0.2) is 0 Å². The summed E-state index contributed by atoms with van der Waals surface area (Å²) in [6, 6.07) is 0. The third-order valence-corrected chi connectivity index (χ3v) is 2.81. The molecule has 0 saturated heterocycles. The highest BCUT2D eigenvalue weighted by Gasteiger charge is 2.20. The van der Waals surface area contributed by atoms with Crippen LogP contribution in [0.4, 0.5) is 0 Å². The first-order valence-corrected chi connectivity index (χ1v) is 6.24. The summed E-state index contributed by atoms with van der Waals surface area (Å²) in [5.74, 6) is -1.01. The van der Waals surface area contributed by atoms with Crippen LogP contribution in [0.25, 0.3) is 0 Å². The topological polar surface area (TPSA) is 43.4 Å². The Morgan fingerprint density at radius 1 is 1.06 bits per heavy atom. The van der Waals surface area contributed by atoms with Crippen molar-refractivity contribution in [1.29, 1.82) is 0 Å². The fourth-order valence-electron chi connectivity index (χ4n) is 1.60. The Bertz CT molecular complexity index is 211. The Morgan fingerprint density at radius 2 is 1.62 bits per heavy atom. The minimum atomic E-state index is -0.597. The number of hydrogen-bond acceptors (Lipinski definition) is 3. The lowest BCUT2D eigenvalue weighted by atomic mass is 10.0. The molecule has 94 valence electrons. The summed E-state index contributed by atoms with van der Waals surface area (Å²) in [5.41, 5.74) is 0. The molecule has 0 fully saturated rings. The van der Waals surface area contributed by atoms with Gasteiger partial charge in [-0.05, 0) is 13.3 Å². The molecule has 1 unspecified atom stereocenters. The Hall–Kier alpha value is -0.860. The summed E-state index contributed by atoms with van der Waals surface area (Å²) in [5, 5.41) is 0. The number of ether oxygens (including phenoxy) is 1. The Morgan fingerprint density at radius 3 is 2.19 bits per heavy atom. The van der Waals surface area contributed by atoms with E-state index in [1.807, 2.05) is 0 Å². The SMILES string of the molecule is CCCCCCCCC(=O)C(C)C(=O)OC. The molecule has 0 aromatic carbocycles. The van der Waals surface area contributed by atoms with Gasteiger partial charge in [-0.25, -0.2) is 0 Å². The van der Waals surface area contributed by atoms with E-state index in [4.69, 9.17) is 0 Å². The van der Waals surface area contributed by atoms with Crippen LogP contribution in [0, 0.1) is 5.92 Å². The molecule has 16 heavy (non-hydrogen) atoms. The average Bonchev–Trinajstić information content (AvgIpc) is 2.31. The fraction of sp³-hybridized carbons (Fsp3) is 0.846. The molecular weight excluding hydrogens is 204 g/mol. The van der Waals surface area contributed by atoms with Crippen molar-refractivity contribution in [2.45, 2.75) is 58.8 Å². The van der Waals surface area contributed by atoms with Crippen LogP contribution in [0.2, 0.25) is 0 Å². The van der Waals surface area contributed by atoms with Crippen molar-refractivity contribution in [3.63, 3.8) is 0 Å². The second-order valence-corrected chi connectivity index (χ2v) is 4.23. The molecule has 0 bridgehead atoms. The number of carbonyl (C=O) groups excluding carboxylic acids is 2. The number of carbonyl (C=O) groups is 2. The van der Waals surface area contributed by atoms with Crippen molar-refractivity contribution >= 4 is 11.8 Å². The number of ketones is 1. The number of Topliss-reactive ketones (excluding diaryl/α,β-unsaturated/α-hetero) is 1. The molecule has 0 aromatic heterocycles. The smallest absolute Gasteiger partial charge is 0.315 e. The van der Waals surface area contributed by atoms with E-state index in [0.29, 0.717) is 6.42 Å². The van der Waals surface area contributed by atoms with Gasteiger partial charge in [0.2, 0.25) is 0 Å². The van der Waals surface area contributed by atoms with E-state index in [9.17, 15) is 9.59 Å². The summed E-state index contributed by atoms with van der Waals surface area (Å²) in [7, 11) is 1.32. The van der Waals surface area contributed by atoms with Crippen molar-refractivity contribution in [2.24, 2.45) is 5.92 Å². The fourth-order valence-corrected chi connectivity index (χ4v) is 1.60. The van der Waals surface area contributed by atoms with Gasteiger partial charge in [-0.1, -0.05) is 39.0 Å². The van der Waals surface area contributed by atoms with Crippen molar-refractivity contribution in [3.05, 3.63) is 0 Å².